The average molecular weight is 335 g/mol. The Bertz CT molecular complexity index is 360. The van der Waals surface area contributed by atoms with Crippen molar-refractivity contribution in [2.75, 3.05) is 25.0 Å². The maximum absolute atomic E-state index is 11.8. The van der Waals surface area contributed by atoms with Crippen LogP contribution in [0, 0.1) is 5.92 Å². The average Bonchev–Trinajstić information content (AvgIpc) is 2.37. The number of piperazine rings is 1. The Balaban J connectivity index is 2.62. The quantitative estimate of drug-likeness (QED) is 0.579. The first-order chi connectivity index (χ1) is 8.95. The highest BCUT2D eigenvalue weighted by Gasteiger charge is 2.34. The molecule has 7 heteroatoms. The van der Waals surface area contributed by atoms with E-state index < -0.39 is 12.0 Å². The van der Waals surface area contributed by atoms with Crippen LogP contribution in [-0.4, -0.2) is 53.8 Å². The summed E-state index contributed by atoms with van der Waals surface area (Å²) < 4.78 is 5.05. The zero-order valence-corrected chi connectivity index (χ0v) is 12.7. The van der Waals surface area contributed by atoms with Crippen molar-refractivity contribution in [3.8, 4) is 0 Å². The van der Waals surface area contributed by atoms with Crippen LogP contribution in [0.25, 0.3) is 0 Å². The lowest BCUT2D eigenvalue weighted by atomic mass is 10.1. The summed E-state index contributed by atoms with van der Waals surface area (Å²) in [5.41, 5.74) is 0. The first kappa shape index (κ1) is 15.9. The zero-order valence-electron chi connectivity index (χ0n) is 11.1. The van der Waals surface area contributed by atoms with Crippen LogP contribution in [0.2, 0.25) is 0 Å². The second-order valence-corrected chi connectivity index (χ2v) is 5.37. The number of nitrogens with one attached hydrogen (secondary N) is 1. The number of esters is 1. The van der Waals surface area contributed by atoms with Crippen LogP contribution >= 0.6 is 15.9 Å². The maximum Gasteiger partial charge on any atom is 0.308 e. The first-order valence-electron chi connectivity index (χ1n) is 6.24. The van der Waals surface area contributed by atoms with Gasteiger partial charge >= 0.3 is 5.97 Å². The number of carbonyl (C=O) groups excluding carboxylic acids is 3. The van der Waals surface area contributed by atoms with Gasteiger partial charge in [0.2, 0.25) is 11.8 Å². The lowest BCUT2D eigenvalue weighted by Crippen LogP contribution is -2.58. The number of nitrogens with zero attached hydrogens (tertiary/aromatic N) is 1. The monoisotopic (exact) mass is 334 g/mol. The Morgan fingerprint density at radius 2 is 2.21 bits per heavy atom. The number of halogens is 1. The normalized spacial score (nSPS) is 19.3. The van der Waals surface area contributed by atoms with Crippen LogP contribution in [0.4, 0.5) is 0 Å². The molecule has 6 nitrogen and oxygen atoms in total. The van der Waals surface area contributed by atoms with Gasteiger partial charge in [0.15, 0.2) is 0 Å². The number of alkyl halides is 1. The Hall–Kier alpha value is -1.11. The van der Waals surface area contributed by atoms with Gasteiger partial charge in [-0.25, -0.2) is 0 Å². The molecule has 1 rings (SSSR count). The van der Waals surface area contributed by atoms with Crippen molar-refractivity contribution in [2.45, 2.75) is 26.3 Å². The molecule has 1 aliphatic heterocycles. The van der Waals surface area contributed by atoms with Gasteiger partial charge in [0, 0.05) is 13.1 Å². The molecule has 0 unspecified atom stereocenters. The van der Waals surface area contributed by atoms with Gasteiger partial charge in [0.05, 0.1) is 18.4 Å². The van der Waals surface area contributed by atoms with E-state index in [1.807, 2.05) is 13.8 Å². The van der Waals surface area contributed by atoms with Gasteiger partial charge in [0.1, 0.15) is 6.04 Å². The molecule has 1 fully saturated rings. The molecule has 1 N–H and O–H groups in total. The number of hydrogen-bond donors (Lipinski definition) is 1. The molecule has 0 aromatic rings. The van der Waals surface area contributed by atoms with E-state index in [-0.39, 0.29) is 29.5 Å². The van der Waals surface area contributed by atoms with Crippen LogP contribution in [0.3, 0.4) is 0 Å². The van der Waals surface area contributed by atoms with E-state index in [0.717, 1.165) is 0 Å². The zero-order chi connectivity index (χ0) is 14.4. The van der Waals surface area contributed by atoms with Crippen molar-refractivity contribution in [3.63, 3.8) is 0 Å². The third-order valence-corrected chi connectivity index (χ3v) is 3.18. The summed E-state index contributed by atoms with van der Waals surface area (Å²) in [6.07, 6.45) is -0.0999. The van der Waals surface area contributed by atoms with Crippen LogP contribution in [-0.2, 0) is 19.1 Å². The Morgan fingerprint density at radius 1 is 1.53 bits per heavy atom. The second-order valence-electron chi connectivity index (χ2n) is 4.81. The van der Waals surface area contributed by atoms with Crippen molar-refractivity contribution in [3.05, 3.63) is 0 Å². The van der Waals surface area contributed by atoms with Crippen molar-refractivity contribution in [2.24, 2.45) is 5.92 Å². The summed E-state index contributed by atoms with van der Waals surface area (Å²) in [5, 5.41) is 2.79. The number of amides is 2. The molecule has 19 heavy (non-hydrogen) atoms. The van der Waals surface area contributed by atoms with E-state index in [9.17, 15) is 14.4 Å². The number of ether oxygens (including phenoxy) is 1. The molecule has 0 aliphatic carbocycles. The number of hydrogen-bond acceptors (Lipinski definition) is 4. The van der Waals surface area contributed by atoms with Crippen molar-refractivity contribution in [1.29, 1.82) is 0 Å². The molecule has 1 atom stereocenters. The summed E-state index contributed by atoms with van der Waals surface area (Å²) in [6.45, 7) is 5.01. The molecule has 0 saturated carbocycles. The fraction of sp³-hybridized carbons (Fsp3) is 0.750. The van der Waals surface area contributed by atoms with Crippen molar-refractivity contribution in [1.82, 2.24) is 10.2 Å². The third-order valence-electron chi connectivity index (χ3n) is 2.70. The minimum atomic E-state index is -0.765. The van der Waals surface area contributed by atoms with E-state index in [4.69, 9.17) is 4.74 Å². The fourth-order valence-electron chi connectivity index (χ4n) is 1.77. The molecule has 1 saturated heterocycles. The summed E-state index contributed by atoms with van der Waals surface area (Å²) in [4.78, 5) is 36.6. The van der Waals surface area contributed by atoms with E-state index >= 15 is 0 Å². The molecule has 1 heterocycles. The van der Waals surface area contributed by atoms with Gasteiger partial charge in [-0.15, -0.1) is 0 Å². The summed E-state index contributed by atoms with van der Waals surface area (Å²) in [5.74, 6) is -0.717. The molecule has 0 spiro atoms. The van der Waals surface area contributed by atoms with Crippen molar-refractivity contribution >= 4 is 33.7 Å². The fourth-order valence-corrected chi connectivity index (χ4v) is 2.09. The molecular formula is C12H19BrN2O4. The SMILES string of the molecule is CC(C)COC(=O)C[C@H]1C(=O)NCCN1C(=O)CBr. The standard InChI is InChI=1S/C12H19BrN2O4/c1-8(2)7-19-11(17)5-9-12(18)14-3-4-15(9)10(16)6-13/h8-9H,3-7H2,1-2H3,(H,14,18)/t9-/m0/s1. The molecular weight excluding hydrogens is 316 g/mol. The summed E-state index contributed by atoms with van der Waals surface area (Å²) in [6, 6.07) is -0.765. The minimum absolute atomic E-state index is 0.0999. The van der Waals surface area contributed by atoms with E-state index in [1.54, 1.807) is 0 Å². The Labute approximate surface area is 121 Å². The lowest BCUT2D eigenvalue weighted by molar-refractivity contribution is -0.151. The van der Waals surface area contributed by atoms with Crippen LogP contribution in [0.15, 0.2) is 0 Å². The van der Waals surface area contributed by atoms with Gasteiger partial charge in [-0.2, -0.15) is 0 Å². The van der Waals surface area contributed by atoms with E-state index in [2.05, 4.69) is 21.2 Å². The van der Waals surface area contributed by atoms with Gasteiger partial charge in [-0.1, -0.05) is 29.8 Å². The summed E-state index contributed by atoms with van der Waals surface area (Å²) in [7, 11) is 0. The van der Waals surface area contributed by atoms with Crippen LogP contribution in [0.1, 0.15) is 20.3 Å². The number of carbonyl (C=O) groups is 3. The van der Waals surface area contributed by atoms with Crippen molar-refractivity contribution < 1.29 is 19.1 Å². The third kappa shape index (κ3) is 4.81. The van der Waals surface area contributed by atoms with Gasteiger partial charge in [-0.05, 0) is 5.92 Å². The van der Waals surface area contributed by atoms with Gasteiger partial charge in [-0.3, -0.25) is 14.4 Å². The maximum atomic E-state index is 11.8. The predicted octanol–water partition coefficient (Wildman–Crippen LogP) is 0.298. The van der Waals surface area contributed by atoms with Crippen LogP contribution < -0.4 is 5.32 Å². The summed E-state index contributed by atoms with van der Waals surface area (Å²) >= 11 is 3.07. The van der Waals surface area contributed by atoms with Crippen LogP contribution in [0.5, 0.6) is 0 Å². The topological polar surface area (TPSA) is 75.7 Å². The smallest absolute Gasteiger partial charge is 0.308 e. The molecule has 0 bridgehead atoms. The Kier molecular flexibility index (Phi) is 6.27. The lowest BCUT2D eigenvalue weighted by Gasteiger charge is -2.34. The molecule has 2 amide bonds. The minimum Gasteiger partial charge on any atom is -0.465 e. The molecule has 0 aromatic carbocycles. The van der Waals surface area contributed by atoms with Gasteiger partial charge in [0.25, 0.3) is 0 Å². The Morgan fingerprint density at radius 3 is 2.79 bits per heavy atom. The van der Waals surface area contributed by atoms with Gasteiger partial charge < -0.3 is 15.0 Å². The second kappa shape index (κ2) is 7.47. The highest BCUT2D eigenvalue weighted by Crippen LogP contribution is 2.11. The molecule has 1 aliphatic rings. The first-order valence-corrected chi connectivity index (χ1v) is 7.36. The largest absolute Gasteiger partial charge is 0.465 e. The molecule has 0 radical (unpaired) electrons. The highest BCUT2D eigenvalue weighted by molar-refractivity contribution is 9.09. The number of rotatable bonds is 5. The van der Waals surface area contributed by atoms with E-state index in [1.165, 1.54) is 4.90 Å². The molecule has 0 aromatic heterocycles. The highest BCUT2D eigenvalue weighted by atomic mass is 79.9. The van der Waals surface area contributed by atoms with E-state index in [0.29, 0.717) is 19.7 Å². The molecule has 108 valence electrons. The predicted molar refractivity (Wildman–Crippen MR) is 72.7 cm³/mol.